The van der Waals surface area contributed by atoms with Crippen molar-refractivity contribution in [3.8, 4) is 0 Å². The summed E-state index contributed by atoms with van der Waals surface area (Å²) in [5.41, 5.74) is 0. The van der Waals surface area contributed by atoms with E-state index in [1.165, 1.54) is 0 Å². The summed E-state index contributed by atoms with van der Waals surface area (Å²) >= 11 is 5.52. The predicted molar refractivity (Wildman–Crippen MR) is 39.0 cm³/mol. The van der Waals surface area contributed by atoms with Crippen molar-refractivity contribution in [3.63, 3.8) is 0 Å². The first-order valence-corrected chi connectivity index (χ1v) is 3.14. The van der Waals surface area contributed by atoms with Gasteiger partial charge in [-0.05, 0) is 19.4 Å². The fourth-order valence-corrected chi connectivity index (χ4v) is 0.409. The first kappa shape index (κ1) is 7.77. The molecule has 0 N–H and O–H groups in total. The van der Waals surface area contributed by atoms with Gasteiger partial charge < -0.3 is 0 Å². The van der Waals surface area contributed by atoms with E-state index in [2.05, 4.69) is 13.0 Å². The van der Waals surface area contributed by atoms with Crippen LogP contribution >= 0.6 is 11.6 Å². The Morgan fingerprint density at radius 2 is 2.25 bits per heavy atom. The maximum atomic E-state index is 5.52. The van der Waals surface area contributed by atoms with Crippen molar-refractivity contribution in [2.45, 2.75) is 20.3 Å². The van der Waals surface area contributed by atoms with Gasteiger partial charge in [0.05, 0.1) is 0 Å². The molecule has 0 aromatic carbocycles. The molecule has 0 aliphatic carbocycles. The van der Waals surface area contributed by atoms with E-state index in [0.717, 1.165) is 11.5 Å². The van der Waals surface area contributed by atoms with Crippen molar-refractivity contribution in [1.29, 1.82) is 0 Å². The Bertz CT molecular complexity index is 97.0. The Morgan fingerprint density at radius 3 is 2.62 bits per heavy atom. The summed E-state index contributed by atoms with van der Waals surface area (Å²) in [5.74, 6) is 0. The van der Waals surface area contributed by atoms with Crippen LogP contribution in [-0.4, -0.2) is 0 Å². The van der Waals surface area contributed by atoms with Crippen molar-refractivity contribution >= 4 is 11.6 Å². The summed E-state index contributed by atoms with van der Waals surface area (Å²) in [7, 11) is 0. The van der Waals surface area contributed by atoms with E-state index in [1.54, 1.807) is 0 Å². The summed E-state index contributed by atoms with van der Waals surface area (Å²) in [6.07, 6.45) is 6.97. The van der Waals surface area contributed by atoms with Gasteiger partial charge in [0.1, 0.15) is 0 Å². The third-order valence-electron chi connectivity index (χ3n) is 0.698. The molecule has 0 aliphatic rings. The molecule has 46 valence electrons. The molecule has 0 aromatic rings. The van der Waals surface area contributed by atoms with Gasteiger partial charge in [-0.3, -0.25) is 0 Å². The molecule has 1 heteroatoms. The van der Waals surface area contributed by atoms with E-state index < -0.39 is 0 Å². The third kappa shape index (κ3) is 5.77. The molecule has 8 heavy (non-hydrogen) atoms. The quantitative estimate of drug-likeness (QED) is 0.504. The van der Waals surface area contributed by atoms with Crippen LogP contribution in [0.5, 0.6) is 0 Å². The van der Waals surface area contributed by atoms with E-state index in [1.807, 2.05) is 19.1 Å². The van der Waals surface area contributed by atoms with E-state index in [4.69, 9.17) is 11.6 Å². The van der Waals surface area contributed by atoms with Gasteiger partial charge in [0.15, 0.2) is 0 Å². The smallest absolute Gasteiger partial charge is 0.0149 e. The van der Waals surface area contributed by atoms with Gasteiger partial charge in [0.25, 0.3) is 0 Å². The number of hydrogen-bond donors (Lipinski definition) is 0. The van der Waals surface area contributed by atoms with Gasteiger partial charge >= 0.3 is 0 Å². The highest BCUT2D eigenvalue weighted by Crippen LogP contribution is 1.97. The Balaban J connectivity index is 3.42. The van der Waals surface area contributed by atoms with Gasteiger partial charge in [0, 0.05) is 5.03 Å². The molecule has 0 unspecified atom stereocenters. The predicted octanol–water partition coefficient (Wildman–Crippen LogP) is 3.10. The topological polar surface area (TPSA) is 0 Å². The molecule has 0 nitrogen and oxygen atoms in total. The van der Waals surface area contributed by atoms with Crippen LogP contribution in [-0.2, 0) is 0 Å². The highest BCUT2D eigenvalue weighted by molar-refractivity contribution is 6.29. The lowest BCUT2D eigenvalue weighted by atomic mass is 10.4. The number of allylic oxidation sites excluding steroid dienone is 4. The van der Waals surface area contributed by atoms with Crippen molar-refractivity contribution < 1.29 is 0 Å². The molecule has 0 heterocycles. The highest BCUT2D eigenvalue weighted by atomic mass is 35.5. The Kier molecular flexibility index (Phi) is 4.78. The molecule has 0 aromatic heterocycles. The average Bonchev–Trinajstić information content (AvgIpc) is 1.66. The zero-order chi connectivity index (χ0) is 6.41. The molecule has 0 amide bonds. The normalized spacial score (nSPS) is 13.1. The van der Waals surface area contributed by atoms with Gasteiger partial charge in [-0.15, -0.1) is 0 Å². The standard InChI is InChI=1S/C7H11Cl/c1-3-4-5-6-7(2)8/h4-6H,3H2,1-2H3/b5-4-,7-6+. The van der Waals surface area contributed by atoms with Crippen molar-refractivity contribution in [2.24, 2.45) is 0 Å². The summed E-state index contributed by atoms with van der Waals surface area (Å²) in [5, 5.41) is 0.828. The van der Waals surface area contributed by atoms with Gasteiger partial charge in [-0.2, -0.15) is 0 Å². The fraction of sp³-hybridized carbons (Fsp3) is 0.429. The van der Waals surface area contributed by atoms with Crippen LogP contribution in [0, 0.1) is 0 Å². The lowest BCUT2D eigenvalue weighted by molar-refractivity contribution is 1.22. The largest absolute Gasteiger partial charge is 0.0895 e. The molecule has 0 aliphatic heterocycles. The van der Waals surface area contributed by atoms with Crippen LogP contribution in [0.4, 0.5) is 0 Å². The second-order valence-electron chi connectivity index (χ2n) is 1.59. The molecule has 0 fully saturated rings. The van der Waals surface area contributed by atoms with E-state index in [9.17, 15) is 0 Å². The molecule has 0 saturated heterocycles. The lowest BCUT2D eigenvalue weighted by Gasteiger charge is -1.77. The zero-order valence-corrected chi connectivity index (χ0v) is 6.07. The molecule has 0 radical (unpaired) electrons. The minimum Gasteiger partial charge on any atom is -0.0895 e. The van der Waals surface area contributed by atoms with Crippen LogP contribution in [0.1, 0.15) is 20.3 Å². The van der Waals surface area contributed by atoms with Gasteiger partial charge in [0.2, 0.25) is 0 Å². The second-order valence-corrected chi connectivity index (χ2v) is 2.19. The summed E-state index contributed by atoms with van der Waals surface area (Å²) in [6, 6.07) is 0. The Morgan fingerprint density at radius 1 is 1.62 bits per heavy atom. The van der Waals surface area contributed by atoms with Crippen molar-refractivity contribution in [1.82, 2.24) is 0 Å². The molecule has 0 saturated carbocycles. The monoisotopic (exact) mass is 130 g/mol. The van der Waals surface area contributed by atoms with Crippen molar-refractivity contribution in [3.05, 3.63) is 23.3 Å². The maximum Gasteiger partial charge on any atom is 0.0149 e. The highest BCUT2D eigenvalue weighted by Gasteiger charge is 1.70. The van der Waals surface area contributed by atoms with Gasteiger partial charge in [-0.25, -0.2) is 0 Å². The molecular formula is C7H11Cl. The molecule has 0 bridgehead atoms. The van der Waals surface area contributed by atoms with Crippen LogP contribution in [0.15, 0.2) is 23.3 Å². The lowest BCUT2D eigenvalue weighted by Crippen LogP contribution is -1.54. The second kappa shape index (κ2) is 4.92. The maximum absolute atomic E-state index is 5.52. The van der Waals surface area contributed by atoms with Gasteiger partial charge in [-0.1, -0.05) is 30.7 Å². The summed E-state index contributed by atoms with van der Waals surface area (Å²) in [4.78, 5) is 0. The number of rotatable bonds is 2. The summed E-state index contributed by atoms with van der Waals surface area (Å²) in [6.45, 7) is 3.95. The van der Waals surface area contributed by atoms with Crippen LogP contribution in [0.3, 0.4) is 0 Å². The summed E-state index contributed by atoms with van der Waals surface area (Å²) < 4.78 is 0. The van der Waals surface area contributed by atoms with Crippen LogP contribution in [0.2, 0.25) is 0 Å². The van der Waals surface area contributed by atoms with E-state index >= 15 is 0 Å². The minimum atomic E-state index is 0.828. The van der Waals surface area contributed by atoms with Crippen molar-refractivity contribution in [2.75, 3.05) is 0 Å². The fourth-order valence-electron chi connectivity index (χ4n) is 0.337. The van der Waals surface area contributed by atoms with E-state index in [-0.39, 0.29) is 0 Å². The van der Waals surface area contributed by atoms with Crippen LogP contribution < -0.4 is 0 Å². The Labute approximate surface area is 55.9 Å². The minimum absolute atomic E-state index is 0.828. The third-order valence-corrected chi connectivity index (χ3v) is 0.824. The molecule has 0 atom stereocenters. The zero-order valence-electron chi connectivity index (χ0n) is 5.32. The first-order valence-electron chi connectivity index (χ1n) is 2.76. The number of halogens is 1. The van der Waals surface area contributed by atoms with Crippen LogP contribution in [0.25, 0.3) is 0 Å². The SMILES string of the molecule is CC/C=C\C=C(/C)Cl. The molecule has 0 rings (SSSR count). The Hall–Kier alpha value is -0.230. The first-order chi connectivity index (χ1) is 3.77. The number of hydrogen-bond acceptors (Lipinski definition) is 0. The molecular weight excluding hydrogens is 120 g/mol. The van der Waals surface area contributed by atoms with E-state index in [0.29, 0.717) is 0 Å². The molecule has 0 spiro atoms. The average molecular weight is 131 g/mol.